The number of anilines is 1. The maximum atomic E-state index is 13.2. The molecule has 3 aromatic heterocycles. The maximum absolute atomic E-state index is 13.2. The van der Waals surface area contributed by atoms with Crippen molar-refractivity contribution in [1.29, 1.82) is 0 Å². The fourth-order valence-corrected chi connectivity index (χ4v) is 4.57. The van der Waals surface area contributed by atoms with E-state index in [4.69, 9.17) is 9.84 Å². The van der Waals surface area contributed by atoms with E-state index in [1.807, 2.05) is 44.2 Å². The Morgan fingerprint density at radius 2 is 1.89 bits per heavy atom. The topological polar surface area (TPSA) is 99.2 Å². The Morgan fingerprint density at radius 3 is 2.72 bits per heavy atom. The summed E-state index contributed by atoms with van der Waals surface area (Å²) in [6.07, 6.45) is 0.290. The molecule has 1 aliphatic rings. The molecule has 1 atom stereocenters. The number of ether oxygens (including phenoxy) is 1. The van der Waals surface area contributed by atoms with Crippen molar-refractivity contribution in [3.63, 3.8) is 0 Å². The number of hydrogen-bond acceptors (Lipinski definition) is 6. The lowest BCUT2D eigenvalue weighted by Crippen LogP contribution is -2.25. The van der Waals surface area contributed by atoms with Crippen molar-refractivity contribution in [2.75, 3.05) is 5.32 Å². The van der Waals surface area contributed by atoms with Crippen LogP contribution in [-0.2, 0) is 11.4 Å². The van der Waals surface area contributed by atoms with Gasteiger partial charge in [-0.3, -0.25) is 4.79 Å². The summed E-state index contributed by atoms with van der Waals surface area (Å²) in [7, 11) is 0. The summed E-state index contributed by atoms with van der Waals surface area (Å²) in [5.41, 5.74) is 4.19. The third kappa shape index (κ3) is 3.86. The lowest BCUT2D eigenvalue weighted by atomic mass is 9.86. The van der Waals surface area contributed by atoms with Crippen molar-refractivity contribution in [1.82, 2.24) is 29.6 Å². The van der Waals surface area contributed by atoms with Crippen LogP contribution in [0.2, 0.25) is 0 Å². The molecule has 4 heterocycles. The van der Waals surface area contributed by atoms with E-state index in [1.165, 1.54) is 12.1 Å². The van der Waals surface area contributed by atoms with Gasteiger partial charge in [0.05, 0.1) is 5.69 Å². The molecule has 6 rings (SSSR count). The highest BCUT2D eigenvalue weighted by Gasteiger charge is 2.33. The maximum Gasteiger partial charge on any atom is 0.226 e. The summed E-state index contributed by atoms with van der Waals surface area (Å²) in [5.74, 6) is 1.89. The second kappa shape index (κ2) is 8.56. The zero-order chi connectivity index (χ0) is 24.8. The minimum Gasteiger partial charge on any atom is -0.489 e. The van der Waals surface area contributed by atoms with Crippen molar-refractivity contribution < 1.29 is 13.9 Å². The molecule has 1 unspecified atom stereocenters. The Labute approximate surface area is 205 Å². The SMILES string of the molecule is Cc1nn(-c2ccc3nnc(C)n3n2)c2c1C(c1cccc(OCc3ccc(F)cc3)c1)CC(=O)N2. The fourth-order valence-electron chi connectivity index (χ4n) is 4.57. The van der Waals surface area contributed by atoms with Gasteiger partial charge in [-0.1, -0.05) is 24.3 Å². The van der Waals surface area contributed by atoms with Crippen LogP contribution >= 0.6 is 0 Å². The number of nitrogens with one attached hydrogen (secondary N) is 1. The van der Waals surface area contributed by atoms with E-state index in [9.17, 15) is 9.18 Å². The molecule has 180 valence electrons. The number of nitrogens with zero attached hydrogens (tertiary/aromatic N) is 6. The summed E-state index contributed by atoms with van der Waals surface area (Å²) >= 11 is 0. The van der Waals surface area contributed by atoms with Gasteiger partial charge in [0, 0.05) is 17.9 Å². The van der Waals surface area contributed by atoms with Gasteiger partial charge in [0.2, 0.25) is 5.91 Å². The van der Waals surface area contributed by atoms with Crippen molar-refractivity contribution in [3.8, 4) is 11.6 Å². The standard InChI is InChI=1S/C26H22FN7O2/c1-15-25-21(18-4-3-5-20(12-18)36-14-17-6-8-19(27)9-7-17)13-24(35)28-26(25)34(31-15)23-11-10-22-30-29-16(2)33(22)32-23/h3-12,21H,13-14H2,1-2H3,(H,28,35). The molecule has 1 aliphatic heterocycles. The number of halogens is 1. The van der Waals surface area contributed by atoms with Crippen molar-refractivity contribution in [2.24, 2.45) is 0 Å². The zero-order valence-electron chi connectivity index (χ0n) is 19.6. The predicted molar refractivity (Wildman–Crippen MR) is 130 cm³/mol. The first-order valence-corrected chi connectivity index (χ1v) is 11.5. The summed E-state index contributed by atoms with van der Waals surface area (Å²) in [6, 6.07) is 17.5. The minimum atomic E-state index is -0.282. The van der Waals surface area contributed by atoms with Crippen molar-refractivity contribution in [3.05, 3.63) is 94.7 Å². The molecule has 0 bridgehead atoms. The Hall–Kier alpha value is -4.60. The molecule has 0 fully saturated rings. The number of fused-ring (bicyclic) bond motifs is 2. The van der Waals surface area contributed by atoms with Crippen LogP contribution < -0.4 is 10.1 Å². The van der Waals surface area contributed by atoms with E-state index in [2.05, 4.69) is 20.6 Å². The normalized spacial score (nSPS) is 15.1. The van der Waals surface area contributed by atoms with Gasteiger partial charge < -0.3 is 10.1 Å². The van der Waals surface area contributed by atoms with Crippen LogP contribution in [0.15, 0.2) is 60.7 Å². The number of benzene rings is 2. The van der Waals surface area contributed by atoms with Crippen LogP contribution in [0, 0.1) is 19.7 Å². The second-order valence-corrected chi connectivity index (χ2v) is 8.76. The minimum absolute atomic E-state index is 0.104. The van der Waals surface area contributed by atoms with Crippen molar-refractivity contribution in [2.45, 2.75) is 32.8 Å². The molecule has 0 aliphatic carbocycles. The largest absolute Gasteiger partial charge is 0.489 e. The lowest BCUT2D eigenvalue weighted by Gasteiger charge is -2.24. The van der Waals surface area contributed by atoms with E-state index in [-0.39, 0.29) is 24.1 Å². The van der Waals surface area contributed by atoms with Crippen LogP contribution in [0.25, 0.3) is 11.5 Å². The van der Waals surface area contributed by atoms with Crippen LogP contribution in [-0.4, -0.2) is 35.5 Å². The average Bonchev–Trinajstić information content (AvgIpc) is 3.42. The first-order valence-electron chi connectivity index (χ1n) is 11.5. The van der Waals surface area contributed by atoms with Crippen LogP contribution in [0.4, 0.5) is 10.2 Å². The Kier molecular flexibility index (Phi) is 5.21. The lowest BCUT2D eigenvalue weighted by molar-refractivity contribution is -0.116. The fraction of sp³-hybridized carbons (Fsp3) is 0.192. The molecule has 1 amide bonds. The number of carbonyl (C=O) groups is 1. The van der Waals surface area contributed by atoms with Crippen LogP contribution in [0.3, 0.4) is 0 Å². The number of aromatic nitrogens is 6. The van der Waals surface area contributed by atoms with Crippen LogP contribution in [0.1, 0.15) is 40.5 Å². The van der Waals surface area contributed by atoms with Gasteiger partial charge in [0.25, 0.3) is 0 Å². The first kappa shape index (κ1) is 21.9. The highest BCUT2D eigenvalue weighted by molar-refractivity contribution is 5.95. The van der Waals surface area contributed by atoms with Gasteiger partial charge in [-0.15, -0.1) is 15.3 Å². The molecular weight excluding hydrogens is 461 g/mol. The molecule has 5 aromatic rings. The Morgan fingerprint density at radius 1 is 1.06 bits per heavy atom. The number of hydrogen-bond donors (Lipinski definition) is 1. The predicted octanol–water partition coefficient (Wildman–Crippen LogP) is 4.12. The zero-order valence-corrected chi connectivity index (χ0v) is 19.6. The summed E-state index contributed by atoms with van der Waals surface area (Å²) in [4.78, 5) is 12.8. The molecule has 9 nitrogen and oxygen atoms in total. The molecule has 0 saturated heterocycles. The van der Waals surface area contributed by atoms with E-state index >= 15 is 0 Å². The van der Waals surface area contributed by atoms with Gasteiger partial charge >= 0.3 is 0 Å². The third-order valence-corrected chi connectivity index (χ3v) is 6.30. The van der Waals surface area contributed by atoms with E-state index in [0.29, 0.717) is 35.5 Å². The van der Waals surface area contributed by atoms with Gasteiger partial charge in [-0.05, 0) is 61.4 Å². The van der Waals surface area contributed by atoms with Gasteiger partial charge in [0.15, 0.2) is 17.3 Å². The first-order chi connectivity index (χ1) is 17.5. The van der Waals surface area contributed by atoms with Gasteiger partial charge in [-0.2, -0.15) is 14.3 Å². The summed E-state index contributed by atoms with van der Waals surface area (Å²) in [6.45, 7) is 4.06. The molecule has 0 spiro atoms. The Bertz CT molecular complexity index is 1610. The third-order valence-electron chi connectivity index (χ3n) is 6.30. The van der Waals surface area contributed by atoms with Gasteiger partial charge in [0.1, 0.15) is 24.0 Å². The number of aryl methyl sites for hydroxylation is 2. The van der Waals surface area contributed by atoms with E-state index < -0.39 is 0 Å². The molecule has 0 saturated carbocycles. The molecule has 2 aromatic carbocycles. The van der Waals surface area contributed by atoms with Gasteiger partial charge in [-0.25, -0.2) is 4.39 Å². The summed E-state index contributed by atoms with van der Waals surface area (Å²) < 4.78 is 22.4. The average molecular weight is 484 g/mol. The quantitative estimate of drug-likeness (QED) is 0.404. The van der Waals surface area contributed by atoms with E-state index in [0.717, 1.165) is 22.4 Å². The number of rotatable bonds is 5. The molecule has 36 heavy (non-hydrogen) atoms. The highest BCUT2D eigenvalue weighted by atomic mass is 19.1. The second-order valence-electron chi connectivity index (χ2n) is 8.76. The monoisotopic (exact) mass is 483 g/mol. The summed E-state index contributed by atoms with van der Waals surface area (Å²) in [5, 5.41) is 20.5. The molecule has 0 radical (unpaired) electrons. The number of carbonyl (C=O) groups excluding carboxylic acids is 1. The number of amides is 1. The van der Waals surface area contributed by atoms with Crippen LogP contribution in [0.5, 0.6) is 5.75 Å². The molecule has 10 heteroatoms. The smallest absolute Gasteiger partial charge is 0.226 e. The molecule has 1 N–H and O–H groups in total. The molecular formula is C26H22FN7O2. The van der Waals surface area contributed by atoms with Crippen molar-refractivity contribution >= 4 is 17.4 Å². The Balaban J connectivity index is 1.34. The van der Waals surface area contributed by atoms with E-state index in [1.54, 1.807) is 27.4 Å². The highest BCUT2D eigenvalue weighted by Crippen LogP contribution is 2.40.